The Morgan fingerprint density at radius 3 is 2.31 bits per heavy atom. The number of rotatable bonds is 1. The zero-order valence-corrected chi connectivity index (χ0v) is 8.42. The van der Waals surface area contributed by atoms with Crippen LogP contribution in [0.3, 0.4) is 0 Å². The van der Waals surface area contributed by atoms with E-state index in [1.54, 1.807) is 6.07 Å². The molecule has 0 aromatic heterocycles. The van der Waals surface area contributed by atoms with Gasteiger partial charge in [0.1, 0.15) is 6.04 Å². The van der Waals surface area contributed by atoms with Crippen LogP contribution in [-0.2, 0) is 14.8 Å². The predicted octanol–water partition coefficient (Wildman–Crippen LogP) is -0.151. The quantitative estimate of drug-likeness (QED) is 0.592. The average molecular weight is 202 g/mol. The summed E-state index contributed by atoms with van der Waals surface area (Å²) < 4.78 is 22.1. The summed E-state index contributed by atoms with van der Waals surface area (Å²) in [6, 6.07) is 0.805. The Hall–Kier alpha value is -1.09. The smallest absolute Gasteiger partial charge is 0.260 e. The summed E-state index contributed by atoms with van der Waals surface area (Å²) in [7, 11) is -3.60. The van der Waals surface area contributed by atoms with E-state index in [1.165, 1.54) is 20.8 Å². The third-order valence-electron chi connectivity index (χ3n) is 2.16. The Morgan fingerprint density at radius 1 is 1.54 bits per heavy atom. The molecule has 1 aliphatic rings. The molecule has 1 aliphatic heterocycles. The molecule has 0 aromatic rings. The van der Waals surface area contributed by atoms with E-state index in [2.05, 4.69) is 0 Å². The Bertz CT molecular complexity index is 390. The predicted molar refractivity (Wildman–Crippen MR) is 44.9 cm³/mol. The minimum atomic E-state index is -3.60. The minimum Gasteiger partial charge on any atom is -0.272 e. The van der Waals surface area contributed by atoms with Gasteiger partial charge in [0.25, 0.3) is 15.9 Å². The Balaban J connectivity index is 3.12. The van der Waals surface area contributed by atoms with E-state index in [4.69, 9.17) is 5.26 Å². The zero-order chi connectivity index (χ0) is 10.4. The summed E-state index contributed by atoms with van der Waals surface area (Å²) >= 11 is 0. The van der Waals surface area contributed by atoms with Crippen molar-refractivity contribution in [1.29, 1.82) is 5.26 Å². The number of amides is 1. The summed E-state index contributed by atoms with van der Waals surface area (Å²) in [5, 5.41) is 8.48. The number of sulfonamides is 1. The van der Waals surface area contributed by atoms with Crippen molar-refractivity contribution in [1.82, 2.24) is 4.31 Å². The molecule has 5 nitrogen and oxygen atoms in total. The molecule has 1 heterocycles. The molecular formula is C7H10N2O3S. The first-order chi connectivity index (χ1) is 5.76. The maximum atomic E-state index is 11.4. The summed E-state index contributed by atoms with van der Waals surface area (Å²) in [5.41, 5.74) is 0. The number of hydrogen-bond acceptors (Lipinski definition) is 4. The monoisotopic (exact) mass is 202 g/mol. The molecule has 0 saturated carbocycles. The molecule has 0 aliphatic carbocycles. The van der Waals surface area contributed by atoms with Gasteiger partial charge in [-0.2, -0.15) is 5.26 Å². The van der Waals surface area contributed by atoms with Gasteiger partial charge >= 0.3 is 0 Å². The summed E-state index contributed by atoms with van der Waals surface area (Å²) in [6.07, 6.45) is 0. The largest absolute Gasteiger partial charge is 0.272 e. The van der Waals surface area contributed by atoms with Gasteiger partial charge < -0.3 is 0 Å². The average Bonchev–Trinajstić information content (AvgIpc) is 2.03. The molecular weight excluding hydrogens is 192 g/mol. The van der Waals surface area contributed by atoms with Crippen LogP contribution in [0.15, 0.2) is 0 Å². The topological polar surface area (TPSA) is 78.2 Å². The van der Waals surface area contributed by atoms with Crippen molar-refractivity contribution >= 4 is 15.9 Å². The van der Waals surface area contributed by atoms with E-state index < -0.39 is 26.7 Å². The van der Waals surface area contributed by atoms with Crippen LogP contribution in [0.5, 0.6) is 0 Å². The standard InChI is InChI=1S/C7H10N2O3S/c1-5(4-8)9-6(10)7(2,3)13(9,11)12/h5H,1-3H3. The fraction of sp³-hybridized carbons (Fsp3) is 0.714. The number of carbonyl (C=O) groups is 1. The molecule has 0 spiro atoms. The van der Waals surface area contributed by atoms with Crippen molar-refractivity contribution in [2.24, 2.45) is 0 Å². The molecule has 1 saturated heterocycles. The van der Waals surface area contributed by atoms with Crippen LogP contribution in [0.2, 0.25) is 0 Å². The van der Waals surface area contributed by atoms with Crippen molar-refractivity contribution in [3.8, 4) is 6.07 Å². The highest BCUT2D eigenvalue weighted by Crippen LogP contribution is 2.36. The molecule has 72 valence electrons. The van der Waals surface area contributed by atoms with Crippen LogP contribution >= 0.6 is 0 Å². The van der Waals surface area contributed by atoms with E-state index in [1.807, 2.05) is 0 Å². The fourth-order valence-electron chi connectivity index (χ4n) is 1.13. The number of carbonyl (C=O) groups excluding carboxylic acids is 1. The van der Waals surface area contributed by atoms with Crippen molar-refractivity contribution < 1.29 is 13.2 Å². The number of nitriles is 1. The summed E-state index contributed by atoms with van der Waals surface area (Å²) in [4.78, 5) is 11.3. The van der Waals surface area contributed by atoms with Gasteiger partial charge in [-0.1, -0.05) is 0 Å². The Morgan fingerprint density at radius 2 is 2.00 bits per heavy atom. The van der Waals surface area contributed by atoms with Crippen LogP contribution in [0, 0.1) is 11.3 Å². The normalized spacial score (nSPS) is 26.0. The maximum Gasteiger partial charge on any atom is 0.260 e. The molecule has 0 N–H and O–H groups in total. The molecule has 1 rings (SSSR count). The number of nitrogens with zero attached hydrogens (tertiary/aromatic N) is 2. The fourth-order valence-corrected chi connectivity index (χ4v) is 2.72. The Kier molecular flexibility index (Phi) is 1.88. The van der Waals surface area contributed by atoms with Gasteiger partial charge in [-0.25, -0.2) is 12.7 Å². The van der Waals surface area contributed by atoms with Crippen LogP contribution in [0.1, 0.15) is 20.8 Å². The lowest BCUT2D eigenvalue weighted by Gasteiger charge is -2.44. The van der Waals surface area contributed by atoms with Gasteiger partial charge in [0.2, 0.25) is 0 Å². The van der Waals surface area contributed by atoms with Crippen LogP contribution < -0.4 is 0 Å². The molecule has 0 aromatic carbocycles. The van der Waals surface area contributed by atoms with Gasteiger partial charge in [0, 0.05) is 0 Å². The molecule has 0 bridgehead atoms. The van der Waals surface area contributed by atoms with Crippen molar-refractivity contribution in [3.63, 3.8) is 0 Å². The second-order valence-corrected chi connectivity index (χ2v) is 5.79. The molecule has 6 heteroatoms. The Labute approximate surface area is 77.0 Å². The minimum absolute atomic E-state index is 0.512. The zero-order valence-electron chi connectivity index (χ0n) is 7.60. The van der Waals surface area contributed by atoms with Crippen LogP contribution in [0.4, 0.5) is 0 Å². The molecule has 1 atom stereocenters. The van der Waals surface area contributed by atoms with Gasteiger partial charge in [-0.05, 0) is 20.8 Å². The SMILES string of the molecule is CC(C#N)N1C(=O)C(C)(C)S1(=O)=O. The van der Waals surface area contributed by atoms with E-state index in [9.17, 15) is 13.2 Å². The van der Waals surface area contributed by atoms with E-state index in [0.717, 1.165) is 0 Å². The first kappa shape index (κ1) is 9.99. The highest BCUT2D eigenvalue weighted by molar-refractivity contribution is 7.94. The van der Waals surface area contributed by atoms with Gasteiger partial charge in [-0.15, -0.1) is 0 Å². The second-order valence-electron chi connectivity index (χ2n) is 3.42. The highest BCUT2D eigenvalue weighted by Gasteiger charge is 2.61. The molecule has 13 heavy (non-hydrogen) atoms. The van der Waals surface area contributed by atoms with Crippen molar-refractivity contribution in [2.75, 3.05) is 0 Å². The third-order valence-corrected chi connectivity index (χ3v) is 4.62. The maximum absolute atomic E-state index is 11.4. The van der Waals surface area contributed by atoms with Gasteiger partial charge in [0.05, 0.1) is 6.07 Å². The lowest BCUT2D eigenvalue weighted by Crippen LogP contribution is -2.69. The first-order valence-electron chi connectivity index (χ1n) is 3.75. The van der Waals surface area contributed by atoms with E-state index >= 15 is 0 Å². The number of hydrogen-bond donors (Lipinski definition) is 0. The van der Waals surface area contributed by atoms with Gasteiger partial charge in [-0.3, -0.25) is 4.79 Å². The molecule has 1 fully saturated rings. The lowest BCUT2D eigenvalue weighted by molar-refractivity contribution is -0.132. The van der Waals surface area contributed by atoms with Crippen molar-refractivity contribution in [2.45, 2.75) is 31.6 Å². The highest BCUT2D eigenvalue weighted by atomic mass is 32.2. The summed E-state index contributed by atoms with van der Waals surface area (Å²) in [6.45, 7) is 4.06. The van der Waals surface area contributed by atoms with Crippen LogP contribution in [-0.4, -0.2) is 29.4 Å². The van der Waals surface area contributed by atoms with E-state index in [-0.39, 0.29) is 0 Å². The second kappa shape index (κ2) is 2.45. The molecule has 1 amide bonds. The van der Waals surface area contributed by atoms with Crippen LogP contribution in [0.25, 0.3) is 0 Å². The lowest BCUT2D eigenvalue weighted by atomic mass is 10.1. The summed E-state index contributed by atoms with van der Waals surface area (Å²) in [5.74, 6) is -0.512. The molecule has 0 radical (unpaired) electrons. The third kappa shape index (κ3) is 0.968. The first-order valence-corrected chi connectivity index (χ1v) is 5.19. The van der Waals surface area contributed by atoms with Crippen molar-refractivity contribution in [3.05, 3.63) is 0 Å². The van der Waals surface area contributed by atoms with E-state index in [0.29, 0.717) is 4.31 Å². The molecule has 1 unspecified atom stereocenters. The van der Waals surface area contributed by atoms with Gasteiger partial charge in [0.15, 0.2) is 4.75 Å².